The molecular weight excluding hydrogens is 287 g/mol. The second kappa shape index (κ2) is 3.70. The van der Waals surface area contributed by atoms with E-state index in [1.54, 1.807) is 34.9 Å². The summed E-state index contributed by atoms with van der Waals surface area (Å²) >= 11 is 3.22. The first-order valence-corrected chi connectivity index (χ1v) is 6.21. The van der Waals surface area contributed by atoms with Crippen LogP contribution in [0.25, 0.3) is 16.6 Å². The number of nitrogens with one attached hydrogen (secondary N) is 1. The Morgan fingerprint density at radius 2 is 2.12 bits per heavy atom. The summed E-state index contributed by atoms with van der Waals surface area (Å²) in [5.41, 5.74) is 1.67. The van der Waals surface area contributed by atoms with Gasteiger partial charge < -0.3 is 9.38 Å². The van der Waals surface area contributed by atoms with E-state index in [9.17, 15) is 9.18 Å². The minimum atomic E-state index is -0.382. The van der Waals surface area contributed by atoms with Crippen molar-refractivity contribution < 1.29 is 4.39 Å². The molecule has 0 radical (unpaired) electrons. The molecule has 0 aliphatic carbocycles. The van der Waals surface area contributed by atoms with Crippen LogP contribution in [-0.2, 0) is 5.33 Å². The van der Waals surface area contributed by atoms with Gasteiger partial charge in [-0.25, -0.2) is 4.39 Å². The number of fused-ring (bicyclic) bond motifs is 3. The summed E-state index contributed by atoms with van der Waals surface area (Å²) in [4.78, 5) is 14.3. The van der Waals surface area contributed by atoms with Crippen LogP contribution in [0.15, 0.2) is 35.3 Å². The number of nitrogens with zero attached hydrogens (tertiary/aromatic N) is 1. The number of halogens is 2. The molecule has 17 heavy (non-hydrogen) atoms. The van der Waals surface area contributed by atoms with Crippen LogP contribution in [0.5, 0.6) is 0 Å². The molecule has 0 fully saturated rings. The number of benzene rings is 1. The second-order valence-electron chi connectivity index (χ2n) is 3.78. The number of aromatic amines is 1. The average molecular weight is 295 g/mol. The maximum absolute atomic E-state index is 14.1. The van der Waals surface area contributed by atoms with Crippen molar-refractivity contribution >= 4 is 32.5 Å². The zero-order valence-corrected chi connectivity index (χ0v) is 10.3. The van der Waals surface area contributed by atoms with E-state index in [1.807, 2.05) is 0 Å². The molecule has 1 N–H and O–H groups in total. The molecule has 0 spiro atoms. The number of H-pyrrole nitrogens is 1. The summed E-state index contributed by atoms with van der Waals surface area (Å²) in [6, 6.07) is 6.98. The fourth-order valence-corrected chi connectivity index (χ4v) is 2.42. The molecule has 0 unspecified atom stereocenters. The van der Waals surface area contributed by atoms with Gasteiger partial charge in [-0.2, -0.15) is 0 Å². The van der Waals surface area contributed by atoms with Crippen molar-refractivity contribution in [2.45, 2.75) is 5.33 Å². The molecule has 0 amide bonds. The maximum atomic E-state index is 14.1. The van der Waals surface area contributed by atoms with Gasteiger partial charge >= 0.3 is 0 Å². The molecule has 0 aliphatic heterocycles. The molecule has 0 saturated carbocycles. The van der Waals surface area contributed by atoms with E-state index >= 15 is 0 Å². The number of alkyl halides is 1. The largest absolute Gasteiger partial charge is 0.316 e. The SMILES string of the molecule is O=c1[nH]c2c(F)c(CBr)ccc2n2cccc12. The van der Waals surface area contributed by atoms with E-state index in [2.05, 4.69) is 20.9 Å². The predicted molar refractivity (Wildman–Crippen MR) is 68.1 cm³/mol. The van der Waals surface area contributed by atoms with Gasteiger partial charge in [0.05, 0.1) is 5.52 Å². The fraction of sp³-hybridized carbons (Fsp3) is 0.0833. The van der Waals surface area contributed by atoms with Crippen LogP contribution in [0, 0.1) is 5.82 Å². The molecule has 0 aliphatic rings. The minimum Gasteiger partial charge on any atom is -0.316 e. The van der Waals surface area contributed by atoms with Gasteiger partial charge in [-0.15, -0.1) is 0 Å². The lowest BCUT2D eigenvalue weighted by Crippen LogP contribution is -2.11. The van der Waals surface area contributed by atoms with Crippen molar-refractivity contribution in [2.24, 2.45) is 0 Å². The fourth-order valence-electron chi connectivity index (χ4n) is 1.99. The van der Waals surface area contributed by atoms with Gasteiger partial charge in [0.25, 0.3) is 5.56 Å². The van der Waals surface area contributed by atoms with Gasteiger partial charge in [-0.05, 0) is 18.2 Å². The normalized spacial score (nSPS) is 11.4. The summed E-state index contributed by atoms with van der Waals surface area (Å²) in [6.07, 6.45) is 1.75. The molecule has 2 heterocycles. The summed E-state index contributed by atoms with van der Waals surface area (Å²) in [7, 11) is 0. The molecular formula is C12H8BrFN2O. The molecule has 1 aromatic carbocycles. The quantitative estimate of drug-likeness (QED) is 0.689. The van der Waals surface area contributed by atoms with Gasteiger partial charge in [0.15, 0.2) is 5.82 Å². The highest BCUT2D eigenvalue weighted by Gasteiger charge is 2.11. The Hall–Kier alpha value is -1.62. The van der Waals surface area contributed by atoms with Crippen molar-refractivity contribution in [3.63, 3.8) is 0 Å². The van der Waals surface area contributed by atoms with Crippen LogP contribution >= 0.6 is 15.9 Å². The van der Waals surface area contributed by atoms with Crippen LogP contribution < -0.4 is 5.56 Å². The Kier molecular flexibility index (Phi) is 2.29. The van der Waals surface area contributed by atoms with E-state index in [1.165, 1.54) is 0 Å². The molecule has 0 saturated heterocycles. The van der Waals surface area contributed by atoms with Crippen molar-refractivity contribution in [1.29, 1.82) is 0 Å². The van der Waals surface area contributed by atoms with E-state index < -0.39 is 0 Å². The van der Waals surface area contributed by atoms with Crippen LogP contribution in [0.2, 0.25) is 0 Å². The molecule has 5 heteroatoms. The third kappa shape index (κ3) is 1.42. The van der Waals surface area contributed by atoms with E-state index in [0.29, 0.717) is 21.9 Å². The molecule has 86 valence electrons. The van der Waals surface area contributed by atoms with Gasteiger partial charge in [-0.1, -0.05) is 22.0 Å². The Labute approximate surface area is 104 Å². The standard InChI is InChI=1S/C12H8BrFN2O/c13-6-7-3-4-8-11(10(7)14)15-12(17)9-2-1-5-16(8)9/h1-5H,6H2,(H,15,17). The third-order valence-corrected chi connectivity index (χ3v) is 3.43. The number of hydrogen-bond acceptors (Lipinski definition) is 1. The first kappa shape index (κ1) is 10.5. The molecule has 3 aromatic rings. The second-order valence-corrected chi connectivity index (χ2v) is 4.34. The minimum absolute atomic E-state index is 0.246. The highest BCUT2D eigenvalue weighted by molar-refractivity contribution is 9.08. The van der Waals surface area contributed by atoms with Gasteiger partial charge in [-0.3, -0.25) is 4.79 Å². The summed E-state index contributed by atoms with van der Waals surface area (Å²) < 4.78 is 15.8. The summed E-state index contributed by atoms with van der Waals surface area (Å²) in [6.45, 7) is 0. The van der Waals surface area contributed by atoms with Gasteiger partial charge in [0.2, 0.25) is 0 Å². The lowest BCUT2D eigenvalue weighted by molar-refractivity contribution is 0.626. The van der Waals surface area contributed by atoms with Crippen LogP contribution in [0.1, 0.15) is 5.56 Å². The maximum Gasteiger partial charge on any atom is 0.272 e. The summed E-state index contributed by atoms with van der Waals surface area (Å²) in [5.74, 6) is -0.382. The average Bonchev–Trinajstić information content (AvgIpc) is 2.81. The predicted octanol–water partition coefficient (Wildman–Crippen LogP) is 2.81. The van der Waals surface area contributed by atoms with Crippen LogP contribution in [0.4, 0.5) is 4.39 Å². The highest BCUT2D eigenvalue weighted by atomic mass is 79.9. The number of aromatic nitrogens is 2. The number of rotatable bonds is 1. The lowest BCUT2D eigenvalue weighted by Gasteiger charge is -2.06. The monoisotopic (exact) mass is 294 g/mol. The van der Waals surface area contributed by atoms with E-state index in [0.717, 1.165) is 0 Å². The summed E-state index contributed by atoms with van der Waals surface area (Å²) in [5, 5.41) is 0.417. The van der Waals surface area contributed by atoms with E-state index in [4.69, 9.17) is 0 Å². The van der Waals surface area contributed by atoms with Crippen LogP contribution in [-0.4, -0.2) is 9.38 Å². The molecule has 3 rings (SSSR count). The Morgan fingerprint density at radius 1 is 1.29 bits per heavy atom. The van der Waals surface area contributed by atoms with Crippen molar-refractivity contribution in [2.75, 3.05) is 0 Å². The highest BCUT2D eigenvalue weighted by Crippen LogP contribution is 2.21. The molecule has 2 aromatic heterocycles. The van der Waals surface area contributed by atoms with Crippen molar-refractivity contribution in [1.82, 2.24) is 9.38 Å². The molecule has 0 bridgehead atoms. The third-order valence-electron chi connectivity index (χ3n) is 2.82. The van der Waals surface area contributed by atoms with Gasteiger partial charge in [0, 0.05) is 17.1 Å². The van der Waals surface area contributed by atoms with Crippen molar-refractivity contribution in [3.8, 4) is 0 Å². The van der Waals surface area contributed by atoms with E-state index in [-0.39, 0.29) is 16.9 Å². The molecule has 0 atom stereocenters. The molecule has 3 nitrogen and oxygen atoms in total. The Morgan fingerprint density at radius 3 is 2.88 bits per heavy atom. The Balaban J connectivity index is 2.58. The topological polar surface area (TPSA) is 37.3 Å². The van der Waals surface area contributed by atoms with Crippen molar-refractivity contribution in [3.05, 3.63) is 52.2 Å². The van der Waals surface area contributed by atoms with Crippen LogP contribution in [0.3, 0.4) is 0 Å². The zero-order chi connectivity index (χ0) is 12.0. The Bertz CT molecular complexity index is 775. The number of hydrogen-bond donors (Lipinski definition) is 1. The van der Waals surface area contributed by atoms with Gasteiger partial charge in [0.1, 0.15) is 11.0 Å². The smallest absolute Gasteiger partial charge is 0.272 e. The first-order valence-electron chi connectivity index (χ1n) is 5.09. The zero-order valence-electron chi connectivity index (χ0n) is 8.71. The lowest BCUT2D eigenvalue weighted by atomic mass is 10.2. The first-order chi connectivity index (χ1) is 8.22.